The van der Waals surface area contributed by atoms with Gasteiger partial charge in [-0.3, -0.25) is 0 Å². The van der Waals surface area contributed by atoms with Gasteiger partial charge in [0.15, 0.2) is 0 Å². The van der Waals surface area contributed by atoms with Gasteiger partial charge in [0, 0.05) is 11.6 Å². The van der Waals surface area contributed by atoms with Gasteiger partial charge in [-0.05, 0) is 34.7 Å². The Morgan fingerprint density at radius 1 is 1.73 bits per heavy atom. The third kappa shape index (κ3) is 1.37. The Hall–Kier alpha value is 0.130. The van der Waals surface area contributed by atoms with Gasteiger partial charge in [-0.15, -0.1) is 11.3 Å². The largest absolute Gasteiger partial charge is 0.245 e. The van der Waals surface area contributed by atoms with Crippen LogP contribution < -0.4 is 0 Å². The maximum Gasteiger partial charge on any atom is 0.125 e. The average Bonchev–Trinajstić information content (AvgIpc) is 2.29. The molecule has 0 amide bonds. The molecule has 0 fully saturated rings. The summed E-state index contributed by atoms with van der Waals surface area (Å²) in [4.78, 5) is 4.98. The lowest BCUT2D eigenvalue weighted by molar-refractivity contribution is 1.45. The molecule has 2 aromatic heterocycles. The monoisotopic (exact) mass is 296 g/mol. The normalized spacial score (nSPS) is 12.0. The minimum absolute atomic E-state index is 0.494. The second-order valence-corrected chi connectivity index (χ2v) is 5.19. The van der Waals surface area contributed by atoms with Gasteiger partial charge in [-0.1, -0.05) is 11.6 Å². The average molecular weight is 297 g/mol. The van der Waals surface area contributed by atoms with E-state index in [9.17, 15) is 0 Å². The van der Waals surface area contributed by atoms with E-state index in [0.29, 0.717) is 11.1 Å². The fourth-order valence-electron chi connectivity index (χ4n) is 0.820. The van der Waals surface area contributed by atoms with E-state index in [1.54, 1.807) is 12.3 Å². The van der Waals surface area contributed by atoms with Gasteiger partial charge in [0.2, 0.25) is 0 Å². The number of hydrogen-bond acceptors (Lipinski definition) is 2. The van der Waals surface area contributed by atoms with Gasteiger partial charge in [0.05, 0.1) is 9.28 Å². The first-order chi connectivity index (χ1) is 5.70. The number of aromatic nitrogens is 1. The predicted octanol–water partition coefficient (Wildman–Crippen LogP) is 3.55. The standard InChI is InChI=1S/C7H3ClINS/c8-5-1-2-10-7-4(5)3-6(9)11-7/h1-3H/i3D. The van der Waals surface area contributed by atoms with Crippen molar-refractivity contribution in [2.24, 2.45) is 0 Å². The van der Waals surface area contributed by atoms with Crippen molar-refractivity contribution < 1.29 is 1.37 Å². The first-order valence-corrected chi connectivity index (χ1v) is 5.16. The quantitative estimate of drug-likeness (QED) is 0.678. The molecule has 0 aliphatic heterocycles. The highest BCUT2D eigenvalue weighted by molar-refractivity contribution is 14.1. The molecule has 2 heterocycles. The molecule has 1 nitrogen and oxygen atoms in total. The van der Waals surface area contributed by atoms with E-state index < -0.39 is 0 Å². The lowest BCUT2D eigenvalue weighted by atomic mass is 10.3. The number of halogens is 2. The van der Waals surface area contributed by atoms with Crippen LogP contribution in [0.3, 0.4) is 0 Å². The second-order valence-electron chi connectivity index (χ2n) is 1.97. The molecule has 0 N–H and O–H groups in total. The molecule has 0 saturated heterocycles. The van der Waals surface area contributed by atoms with Gasteiger partial charge < -0.3 is 0 Å². The minimum Gasteiger partial charge on any atom is -0.245 e. The number of fused-ring (bicyclic) bond motifs is 1. The van der Waals surface area contributed by atoms with Crippen LogP contribution >= 0.6 is 45.5 Å². The third-order valence-corrected chi connectivity index (χ3v) is 3.30. The highest BCUT2D eigenvalue weighted by Gasteiger charge is 2.02. The number of hydrogen-bond donors (Lipinski definition) is 0. The molecule has 2 aromatic rings. The summed E-state index contributed by atoms with van der Waals surface area (Å²) in [6.07, 6.45) is 1.66. The number of thiophene rings is 1. The van der Waals surface area contributed by atoms with E-state index in [-0.39, 0.29) is 0 Å². The fraction of sp³-hybridized carbons (Fsp3) is 0. The molecular formula is C7H3ClINS. The smallest absolute Gasteiger partial charge is 0.125 e. The molecule has 0 aliphatic carbocycles. The van der Waals surface area contributed by atoms with Gasteiger partial charge in [0.25, 0.3) is 0 Å². The van der Waals surface area contributed by atoms with Gasteiger partial charge in [-0.2, -0.15) is 0 Å². The number of rotatable bonds is 0. The van der Waals surface area contributed by atoms with E-state index in [1.165, 1.54) is 11.3 Å². The van der Waals surface area contributed by atoms with Crippen LogP contribution in [-0.4, -0.2) is 4.98 Å². The van der Waals surface area contributed by atoms with Crippen LogP contribution in [0.1, 0.15) is 1.37 Å². The summed E-state index contributed by atoms with van der Waals surface area (Å²) in [5, 5.41) is 1.39. The maximum absolute atomic E-state index is 7.69. The number of nitrogens with zero attached hydrogens (tertiary/aromatic N) is 1. The van der Waals surface area contributed by atoms with Gasteiger partial charge >= 0.3 is 0 Å². The summed E-state index contributed by atoms with van der Waals surface area (Å²) in [5.74, 6) is 0. The highest BCUT2D eigenvalue weighted by atomic mass is 127. The molecule has 0 saturated carbocycles. The zero-order valence-electron chi connectivity index (χ0n) is 6.27. The van der Waals surface area contributed by atoms with Gasteiger partial charge in [-0.25, -0.2) is 4.98 Å². The highest BCUT2D eigenvalue weighted by Crippen LogP contribution is 2.29. The molecule has 11 heavy (non-hydrogen) atoms. The summed E-state index contributed by atoms with van der Waals surface area (Å²) in [5.41, 5.74) is 0. The zero-order chi connectivity index (χ0) is 8.72. The Bertz CT molecular complexity index is 442. The molecule has 4 heteroatoms. The zero-order valence-corrected chi connectivity index (χ0v) is 9.00. The Morgan fingerprint density at radius 2 is 2.55 bits per heavy atom. The summed E-state index contributed by atoms with van der Waals surface area (Å²) >= 11 is 9.54. The van der Waals surface area contributed by atoms with Crippen molar-refractivity contribution in [3.8, 4) is 0 Å². The molecule has 0 unspecified atom stereocenters. The third-order valence-electron chi connectivity index (χ3n) is 1.27. The second kappa shape index (κ2) is 2.88. The van der Waals surface area contributed by atoms with Crippen molar-refractivity contribution in [3.05, 3.63) is 26.2 Å². The Balaban J connectivity index is 2.97. The minimum atomic E-state index is 0.494. The topological polar surface area (TPSA) is 12.9 Å². The van der Waals surface area contributed by atoms with Crippen LogP contribution in [-0.2, 0) is 0 Å². The maximum atomic E-state index is 7.69. The van der Waals surface area contributed by atoms with Crippen molar-refractivity contribution in [3.63, 3.8) is 0 Å². The van der Waals surface area contributed by atoms with Crippen molar-refractivity contribution in [1.29, 1.82) is 0 Å². The lowest BCUT2D eigenvalue weighted by Crippen LogP contribution is -1.69. The van der Waals surface area contributed by atoms with Crippen molar-refractivity contribution in [2.75, 3.05) is 0 Å². The van der Waals surface area contributed by atoms with Crippen LogP contribution in [0.25, 0.3) is 10.2 Å². The van der Waals surface area contributed by atoms with Crippen LogP contribution in [0.15, 0.2) is 18.3 Å². The van der Waals surface area contributed by atoms with Crippen molar-refractivity contribution in [1.82, 2.24) is 4.98 Å². The molecule has 0 atom stereocenters. The molecule has 0 bridgehead atoms. The predicted molar refractivity (Wildman–Crippen MR) is 57.3 cm³/mol. The molecule has 56 valence electrons. The lowest BCUT2D eigenvalue weighted by Gasteiger charge is -1.88. The molecule has 0 radical (unpaired) electrons. The molecule has 0 spiro atoms. The summed E-state index contributed by atoms with van der Waals surface area (Å²) < 4.78 is 8.62. The van der Waals surface area contributed by atoms with E-state index >= 15 is 0 Å². The van der Waals surface area contributed by atoms with Crippen LogP contribution in [0, 0.1) is 2.88 Å². The molecule has 0 aliphatic rings. The van der Waals surface area contributed by atoms with E-state index in [0.717, 1.165) is 13.1 Å². The van der Waals surface area contributed by atoms with Crippen LogP contribution in [0.5, 0.6) is 0 Å². The molecular weight excluding hydrogens is 293 g/mol. The first-order valence-electron chi connectivity index (χ1n) is 3.39. The van der Waals surface area contributed by atoms with Crippen LogP contribution in [0.2, 0.25) is 5.02 Å². The summed E-state index contributed by atoms with van der Waals surface area (Å²) in [6.45, 7) is 0. The van der Waals surface area contributed by atoms with E-state index in [1.807, 2.05) is 0 Å². The first kappa shape index (κ1) is 6.62. The summed E-state index contributed by atoms with van der Waals surface area (Å²) in [7, 11) is 0. The Morgan fingerprint density at radius 3 is 3.27 bits per heavy atom. The van der Waals surface area contributed by atoms with Gasteiger partial charge in [0.1, 0.15) is 4.83 Å². The Kier molecular flexibility index (Phi) is 1.73. The SMILES string of the molecule is [2H]c1c(I)sc2nccc(Cl)c12. The van der Waals surface area contributed by atoms with E-state index in [4.69, 9.17) is 13.0 Å². The van der Waals surface area contributed by atoms with Crippen LogP contribution in [0.4, 0.5) is 0 Å². The molecule has 0 aromatic carbocycles. The molecule has 2 rings (SSSR count). The van der Waals surface area contributed by atoms with Crippen molar-refractivity contribution in [2.45, 2.75) is 0 Å². The van der Waals surface area contributed by atoms with Crippen molar-refractivity contribution >= 4 is 55.7 Å². The summed E-state index contributed by atoms with van der Waals surface area (Å²) in [6, 6.07) is 2.21. The Labute approximate surface area is 87.9 Å². The fourth-order valence-corrected chi connectivity index (χ4v) is 2.66. The number of pyridine rings is 1. The van der Waals surface area contributed by atoms with E-state index in [2.05, 4.69) is 27.6 Å².